The molecule has 1 aliphatic rings. The molecule has 2 atom stereocenters. The van der Waals surface area contributed by atoms with Crippen LogP contribution in [0.25, 0.3) is 0 Å². The van der Waals surface area contributed by atoms with Crippen LogP contribution in [0.3, 0.4) is 0 Å². The Morgan fingerprint density at radius 1 is 1.25 bits per heavy atom. The van der Waals surface area contributed by atoms with E-state index in [1.807, 2.05) is 43.6 Å². The van der Waals surface area contributed by atoms with Crippen molar-refractivity contribution in [2.24, 2.45) is 13.0 Å². The van der Waals surface area contributed by atoms with E-state index in [4.69, 9.17) is 0 Å². The molecule has 6 nitrogen and oxygen atoms in total. The second-order valence-corrected chi connectivity index (χ2v) is 6.28. The van der Waals surface area contributed by atoms with Gasteiger partial charge in [0.05, 0.1) is 12.1 Å². The van der Waals surface area contributed by atoms with E-state index < -0.39 is 11.9 Å². The number of hydrogen-bond donors (Lipinski definition) is 1. The summed E-state index contributed by atoms with van der Waals surface area (Å²) in [6.07, 6.45) is 4.64. The molecule has 0 radical (unpaired) electrons. The SMILES string of the molecule is Cn1cc(CCC(=O)N2C[C@@H](C(=O)O)[C@H](c3ccccc3)C2)cn1. The molecule has 1 N–H and O–H groups in total. The smallest absolute Gasteiger partial charge is 0.308 e. The fourth-order valence-electron chi connectivity index (χ4n) is 3.31. The minimum Gasteiger partial charge on any atom is -0.481 e. The van der Waals surface area contributed by atoms with Crippen LogP contribution < -0.4 is 0 Å². The van der Waals surface area contributed by atoms with Crippen LogP contribution in [0.1, 0.15) is 23.5 Å². The molecule has 0 saturated carbocycles. The van der Waals surface area contributed by atoms with Gasteiger partial charge in [-0.15, -0.1) is 0 Å². The van der Waals surface area contributed by atoms with Crippen LogP contribution in [0.2, 0.25) is 0 Å². The number of carboxylic acids is 1. The summed E-state index contributed by atoms with van der Waals surface area (Å²) < 4.78 is 1.71. The largest absolute Gasteiger partial charge is 0.481 e. The molecule has 2 heterocycles. The van der Waals surface area contributed by atoms with E-state index >= 15 is 0 Å². The van der Waals surface area contributed by atoms with E-state index in [0.29, 0.717) is 19.4 Å². The summed E-state index contributed by atoms with van der Waals surface area (Å²) in [6, 6.07) is 9.59. The summed E-state index contributed by atoms with van der Waals surface area (Å²) in [4.78, 5) is 25.8. The average Bonchev–Trinajstić information content (AvgIpc) is 3.20. The average molecular weight is 327 g/mol. The fraction of sp³-hybridized carbons (Fsp3) is 0.389. The Kier molecular flexibility index (Phi) is 4.64. The number of carbonyl (C=O) groups excluding carboxylic acids is 1. The van der Waals surface area contributed by atoms with Crippen molar-refractivity contribution in [3.63, 3.8) is 0 Å². The molecule has 3 rings (SSSR count). The molecule has 1 aromatic heterocycles. The highest BCUT2D eigenvalue weighted by Gasteiger charge is 2.40. The van der Waals surface area contributed by atoms with Crippen molar-refractivity contribution >= 4 is 11.9 Å². The van der Waals surface area contributed by atoms with Crippen molar-refractivity contribution in [3.05, 3.63) is 53.9 Å². The van der Waals surface area contributed by atoms with Crippen molar-refractivity contribution < 1.29 is 14.7 Å². The zero-order valence-electron chi connectivity index (χ0n) is 13.6. The summed E-state index contributed by atoms with van der Waals surface area (Å²) in [5.74, 6) is -1.53. The number of aromatic nitrogens is 2. The van der Waals surface area contributed by atoms with Gasteiger partial charge in [-0.2, -0.15) is 5.10 Å². The highest BCUT2D eigenvalue weighted by atomic mass is 16.4. The number of amides is 1. The van der Waals surface area contributed by atoms with Gasteiger partial charge in [-0.3, -0.25) is 14.3 Å². The van der Waals surface area contributed by atoms with Gasteiger partial charge in [-0.05, 0) is 17.5 Å². The Labute approximate surface area is 140 Å². The zero-order valence-corrected chi connectivity index (χ0v) is 13.6. The van der Waals surface area contributed by atoms with Crippen molar-refractivity contribution in [3.8, 4) is 0 Å². The number of aliphatic carboxylic acids is 1. The van der Waals surface area contributed by atoms with Crippen molar-refractivity contribution in [1.29, 1.82) is 0 Å². The molecule has 0 aliphatic carbocycles. The first-order valence-corrected chi connectivity index (χ1v) is 8.07. The zero-order chi connectivity index (χ0) is 17.1. The van der Waals surface area contributed by atoms with Gasteiger partial charge >= 0.3 is 5.97 Å². The number of carbonyl (C=O) groups is 2. The maximum absolute atomic E-state index is 12.5. The number of benzene rings is 1. The number of hydrogen-bond acceptors (Lipinski definition) is 3. The molecule has 1 saturated heterocycles. The highest BCUT2D eigenvalue weighted by molar-refractivity contribution is 5.79. The third-order valence-electron chi connectivity index (χ3n) is 4.60. The molecular formula is C18H21N3O3. The Morgan fingerprint density at radius 2 is 2.00 bits per heavy atom. The summed E-state index contributed by atoms with van der Waals surface area (Å²) in [5, 5.41) is 13.6. The van der Waals surface area contributed by atoms with Crippen LogP contribution in [0.15, 0.2) is 42.7 Å². The third kappa shape index (κ3) is 3.48. The molecular weight excluding hydrogens is 306 g/mol. The quantitative estimate of drug-likeness (QED) is 0.906. The van der Waals surface area contributed by atoms with Gasteiger partial charge in [0.25, 0.3) is 0 Å². The van der Waals surface area contributed by atoms with E-state index in [1.165, 1.54) is 0 Å². The standard InChI is InChI=1S/C18H21N3O3/c1-20-10-13(9-19-20)7-8-17(22)21-11-15(16(12-21)18(23)24)14-5-3-2-4-6-14/h2-6,9-10,15-16H,7-8,11-12H2,1H3,(H,23,24)/t15-,16+/m0/s1. The van der Waals surface area contributed by atoms with Gasteiger partial charge < -0.3 is 10.0 Å². The van der Waals surface area contributed by atoms with Gasteiger partial charge in [0.2, 0.25) is 5.91 Å². The van der Waals surface area contributed by atoms with Gasteiger partial charge in [0, 0.05) is 38.7 Å². The second kappa shape index (κ2) is 6.86. The first-order chi connectivity index (χ1) is 11.5. The molecule has 1 aromatic carbocycles. The van der Waals surface area contributed by atoms with E-state index in [1.54, 1.807) is 15.8 Å². The lowest BCUT2D eigenvalue weighted by Crippen LogP contribution is -2.30. The molecule has 2 aromatic rings. The van der Waals surface area contributed by atoms with E-state index in [0.717, 1.165) is 11.1 Å². The molecule has 0 spiro atoms. The van der Waals surface area contributed by atoms with Crippen LogP contribution in [0, 0.1) is 5.92 Å². The van der Waals surface area contributed by atoms with E-state index in [2.05, 4.69) is 5.10 Å². The summed E-state index contributed by atoms with van der Waals surface area (Å²) in [7, 11) is 1.84. The first kappa shape index (κ1) is 16.2. The van der Waals surface area contributed by atoms with Gasteiger partial charge in [-0.1, -0.05) is 30.3 Å². The predicted octanol–water partition coefficient (Wildman–Crippen LogP) is 1.68. The lowest BCUT2D eigenvalue weighted by molar-refractivity contribution is -0.141. The topological polar surface area (TPSA) is 75.4 Å². The number of nitrogens with zero attached hydrogens (tertiary/aromatic N) is 3. The number of aryl methyl sites for hydroxylation is 2. The van der Waals surface area contributed by atoms with Gasteiger partial charge in [-0.25, -0.2) is 0 Å². The predicted molar refractivity (Wildman–Crippen MR) is 88.4 cm³/mol. The number of rotatable bonds is 5. The van der Waals surface area contributed by atoms with Crippen LogP contribution in [0.4, 0.5) is 0 Å². The Morgan fingerprint density at radius 3 is 2.62 bits per heavy atom. The third-order valence-corrected chi connectivity index (χ3v) is 4.60. The van der Waals surface area contributed by atoms with Crippen LogP contribution >= 0.6 is 0 Å². The molecule has 24 heavy (non-hydrogen) atoms. The minimum atomic E-state index is -0.841. The normalized spacial score (nSPS) is 20.3. The minimum absolute atomic E-state index is 0.00327. The molecule has 1 aliphatic heterocycles. The molecule has 1 amide bonds. The summed E-state index contributed by atoms with van der Waals surface area (Å²) in [5.41, 5.74) is 1.99. The number of carboxylic acid groups (broad SMARTS) is 1. The molecule has 1 fully saturated rings. The van der Waals surface area contributed by atoms with Crippen molar-refractivity contribution in [1.82, 2.24) is 14.7 Å². The Bertz CT molecular complexity index is 726. The summed E-state index contributed by atoms with van der Waals surface area (Å²) in [6.45, 7) is 0.744. The van der Waals surface area contributed by atoms with Gasteiger partial charge in [0.1, 0.15) is 0 Å². The van der Waals surface area contributed by atoms with Crippen molar-refractivity contribution in [2.75, 3.05) is 13.1 Å². The monoisotopic (exact) mass is 327 g/mol. The van der Waals surface area contributed by atoms with Crippen LogP contribution in [0.5, 0.6) is 0 Å². The van der Waals surface area contributed by atoms with E-state index in [9.17, 15) is 14.7 Å². The molecule has 6 heteroatoms. The number of likely N-dealkylation sites (tertiary alicyclic amines) is 1. The first-order valence-electron chi connectivity index (χ1n) is 8.07. The maximum atomic E-state index is 12.5. The van der Waals surface area contributed by atoms with E-state index in [-0.39, 0.29) is 18.4 Å². The lowest BCUT2D eigenvalue weighted by atomic mass is 9.89. The molecule has 126 valence electrons. The Hall–Kier alpha value is -2.63. The van der Waals surface area contributed by atoms with Crippen molar-refractivity contribution in [2.45, 2.75) is 18.8 Å². The molecule has 0 bridgehead atoms. The summed E-state index contributed by atoms with van der Waals surface area (Å²) >= 11 is 0. The van der Waals surface area contributed by atoms with Crippen LogP contribution in [-0.4, -0.2) is 44.8 Å². The maximum Gasteiger partial charge on any atom is 0.308 e. The second-order valence-electron chi connectivity index (χ2n) is 6.28. The lowest BCUT2D eigenvalue weighted by Gasteiger charge is -2.16. The molecule has 0 unspecified atom stereocenters. The highest BCUT2D eigenvalue weighted by Crippen LogP contribution is 2.33. The fourth-order valence-corrected chi connectivity index (χ4v) is 3.31. The van der Waals surface area contributed by atoms with Crippen LogP contribution in [-0.2, 0) is 23.1 Å². The van der Waals surface area contributed by atoms with Gasteiger partial charge in [0.15, 0.2) is 0 Å². The Balaban J connectivity index is 1.66.